The molecule has 0 radical (unpaired) electrons. The van der Waals surface area contributed by atoms with Crippen molar-refractivity contribution >= 4 is 46.5 Å². The summed E-state index contributed by atoms with van der Waals surface area (Å²) in [7, 11) is 0. The van der Waals surface area contributed by atoms with Crippen LogP contribution in [0.2, 0.25) is 0 Å². The number of urea groups is 1. The van der Waals surface area contributed by atoms with Gasteiger partial charge in [-0.25, -0.2) is 9.00 Å². The third-order valence-corrected chi connectivity index (χ3v) is 10.8. The summed E-state index contributed by atoms with van der Waals surface area (Å²) in [5.74, 6) is -3.61. The monoisotopic (exact) mass is 732 g/mol. The maximum Gasteiger partial charge on any atom is 0.315 e. The molecule has 0 aromatic heterocycles. The van der Waals surface area contributed by atoms with Gasteiger partial charge in [-0.2, -0.15) is 0 Å². The van der Waals surface area contributed by atoms with Crippen molar-refractivity contribution in [3.63, 3.8) is 0 Å². The van der Waals surface area contributed by atoms with Gasteiger partial charge in [0.15, 0.2) is 11.1 Å². The fourth-order valence-corrected chi connectivity index (χ4v) is 7.18. The van der Waals surface area contributed by atoms with Crippen LogP contribution in [-0.4, -0.2) is 86.4 Å². The Labute approximate surface area is 303 Å². The Morgan fingerprint density at radius 3 is 2.08 bits per heavy atom. The number of primary amides is 1. The van der Waals surface area contributed by atoms with E-state index < -0.39 is 81.5 Å². The van der Waals surface area contributed by atoms with Crippen molar-refractivity contribution in [3.05, 3.63) is 29.8 Å². The molecule has 1 saturated heterocycles. The minimum atomic E-state index is -2.38. The molecular formula is C36H56N6O8S. The summed E-state index contributed by atoms with van der Waals surface area (Å²) in [4.78, 5) is 81.0. The van der Waals surface area contributed by atoms with Crippen molar-refractivity contribution in [3.8, 4) is 0 Å². The van der Waals surface area contributed by atoms with Gasteiger partial charge in [-0.05, 0) is 53.6 Å². The van der Waals surface area contributed by atoms with Gasteiger partial charge >= 0.3 is 6.03 Å². The zero-order valence-corrected chi connectivity index (χ0v) is 31.9. The van der Waals surface area contributed by atoms with Gasteiger partial charge in [0, 0.05) is 13.1 Å². The van der Waals surface area contributed by atoms with Crippen molar-refractivity contribution in [2.24, 2.45) is 34.3 Å². The van der Waals surface area contributed by atoms with Crippen LogP contribution < -0.4 is 27.0 Å². The molecule has 1 aliphatic heterocycles. The van der Waals surface area contributed by atoms with Crippen LogP contribution in [0.15, 0.2) is 29.2 Å². The normalized spacial score (nSPS) is 20.4. The first-order valence-electron chi connectivity index (χ1n) is 17.6. The predicted octanol–water partition coefficient (Wildman–Crippen LogP) is 2.73. The number of carbonyl (C=O) groups is 6. The van der Waals surface area contributed by atoms with E-state index in [1.54, 1.807) is 32.9 Å². The number of nitrogens with one attached hydrogen (secondary N) is 4. The number of hydrogen-bond acceptors (Lipinski definition) is 7. The third kappa shape index (κ3) is 10.8. The van der Waals surface area contributed by atoms with Crippen LogP contribution in [0.5, 0.6) is 0 Å². The summed E-state index contributed by atoms with van der Waals surface area (Å²) < 4.78 is 21.4. The second-order valence-corrected chi connectivity index (χ2v) is 17.2. The van der Waals surface area contributed by atoms with E-state index in [0.29, 0.717) is 12.8 Å². The zero-order valence-electron chi connectivity index (χ0n) is 31.0. The molecule has 7 N–H and O–H groups in total. The molecule has 15 heteroatoms. The summed E-state index contributed by atoms with van der Waals surface area (Å²) in [6.45, 7) is 15.1. The molecule has 1 aromatic rings. The number of amides is 6. The van der Waals surface area contributed by atoms with E-state index in [1.165, 1.54) is 17.0 Å². The van der Waals surface area contributed by atoms with E-state index in [0.717, 1.165) is 19.3 Å². The molecule has 51 heavy (non-hydrogen) atoms. The van der Waals surface area contributed by atoms with E-state index >= 15 is 0 Å². The molecule has 284 valence electrons. The van der Waals surface area contributed by atoms with Crippen LogP contribution in [0.25, 0.3) is 0 Å². The fraction of sp³-hybridized carbons (Fsp3) is 0.667. The van der Waals surface area contributed by atoms with Crippen LogP contribution in [0.4, 0.5) is 4.79 Å². The van der Waals surface area contributed by atoms with Crippen molar-refractivity contribution in [1.29, 1.82) is 0 Å². The Morgan fingerprint density at radius 2 is 1.57 bits per heavy atom. The van der Waals surface area contributed by atoms with Crippen molar-refractivity contribution in [1.82, 2.24) is 26.2 Å². The van der Waals surface area contributed by atoms with Gasteiger partial charge in [-0.3, -0.25) is 24.0 Å². The Kier molecular flexibility index (Phi) is 13.9. The summed E-state index contributed by atoms with van der Waals surface area (Å²) in [6, 6.07) is 1.56. The second-order valence-electron chi connectivity index (χ2n) is 16.3. The van der Waals surface area contributed by atoms with E-state index in [2.05, 4.69) is 21.3 Å². The topological polar surface area (TPSA) is 217 Å². The first-order chi connectivity index (χ1) is 23.6. The Morgan fingerprint density at radius 1 is 0.941 bits per heavy atom. The SMILES string of the molecule is CC(C)[C@H]1CCN(C(=O)[C@@H](NC(=O)N[C@H](CNC(=O)c2ccccc2S(=O)O)C(C)(C)C)C(C)(C)C)[C@@H]1C(=O)NC(CC1CCC1)C(=O)C(N)=O. The van der Waals surface area contributed by atoms with E-state index in [-0.39, 0.29) is 41.3 Å². The second kappa shape index (κ2) is 17.1. The number of likely N-dealkylation sites (tertiary alicyclic amines) is 1. The molecule has 14 nitrogen and oxygen atoms in total. The Balaban J connectivity index is 1.80. The minimum Gasteiger partial charge on any atom is -0.363 e. The largest absolute Gasteiger partial charge is 0.363 e. The first-order valence-corrected chi connectivity index (χ1v) is 18.7. The minimum absolute atomic E-state index is 0.00640. The fourth-order valence-electron chi connectivity index (χ4n) is 6.64. The maximum atomic E-state index is 14.4. The molecule has 2 aliphatic rings. The number of rotatable bonds is 14. The highest BCUT2D eigenvalue weighted by atomic mass is 32.2. The van der Waals surface area contributed by atoms with Crippen LogP contribution in [0.3, 0.4) is 0 Å². The number of ketones is 1. The first kappa shape index (κ1) is 41.6. The lowest BCUT2D eigenvalue weighted by Gasteiger charge is -2.38. The Hall–Kier alpha value is -3.85. The summed E-state index contributed by atoms with van der Waals surface area (Å²) in [5.41, 5.74) is 4.01. The van der Waals surface area contributed by atoms with Gasteiger partial charge in [0.05, 0.1) is 22.5 Å². The molecular weight excluding hydrogens is 676 g/mol. The number of nitrogens with zero attached hydrogens (tertiary/aromatic N) is 1. The standard InChI is InChI=1S/C36H56N6O8S/c1-20(2)22-16-17-42(27(22)32(46)39-24(28(43)30(37)44)18-21-12-11-13-21)33(47)29(36(6,7)8)41-34(48)40-26(35(3,4)5)19-38-31(45)23-14-9-10-15-25(23)51(49)50/h9-10,14-15,20-22,24,26-27,29H,11-13,16-19H2,1-8H3,(H2,37,44)(H,38,45)(H,39,46)(H,49,50)(H2,40,41,48)/t22-,24?,26-,27+,29-/m1/s1. The Bertz CT molecular complexity index is 1500. The molecule has 6 amide bonds. The van der Waals surface area contributed by atoms with Crippen LogP contribution >= 0.6 is 0 Å². The summed E-state index contributed by atoms with van der Waals surface area (Å²) in [5, 5.41) is 11.2. The zero-order chi connectivity index (χ0) is 38.4. The van der Waals surface area contributed by atoms with Crippen LogP contribution in [-0.2, 0) is 30.3 Å². The van der Waals surface area contributed by atoms with E-state index in [1.807, 2.05) is 34.6 Å². The van der Waals surface area contributed by atoms with Gasteiger partial charge in [-0.15, -0.1) is 0 Å². The van der Waals surface area contributed by atoms with Gasteiger partial charge in [0.2, 0.25) is 17.6 Å². The molecule has 6 atom stereocenters. The average Bonchev–Trinajstić information content (AvgIpc) is 3.47. The van der Waals surface area contributed by atoms with Gasteiger partial charge in [0.1, 0.15) is 12.1 Å². The number of benzene rings is 1. The maximum absolute atomic E-state index is 14.4. The molecule has 0 spiro atoms. The molecule has 1 heterocycles. The molecule has 0 bridgehead atoms. The third-order valence-electron chi connectivity index (χ3n) is 10.0. The summed E-state index contributed by atoms with van der Waals surface area (Å²) >= 11 is -2.38. The van der Waals surface area contributed by atoms with Gasteiger partial charge in [0.25, 0.3) is 11.8 Å². The number of hydrogen-bond donors (Lipinski definition) is 6. The quantitative estimate of drug-likeness (QED) is 0.123. The molecule has 1 saturated carbocycles. The molecule has 1 aliphatic carbocycles. The molecule has 2 fully saturated rings. The lowest BCUT2D eigenvalue weighted by Crippen LogP contribution is -2.62. The van der Waals surface area contributed by atoms with E-state index in [4.69, 9.17) is 5.73 Å². The van der Waals surface area contributed by atoms with E-state index in [9.17, 15) is 37.5 Å². The molecule has 3 rings (SSSR count). The van der Waals surface area contributed by atoms with Crippen molar-refractivity contribution < 1.29 is 37.5 Å². The number of nitrogens with two attached hydrogens (primary N) is 1. The predicted molar refractivity (Wildman–Crippen MR) is 193 cm³/mol. The highest BCUT2D eigenvalue weighted by Crippen LogP contribution is 2.34. The molecule has 2 unspecified atom stereocenters. The lowest BCUT2D eigenvalue weighted by molar-refractivity contribution is -0.144. The number of Topliss-reactive ketones (excluding diaryl/α,β-unsaturated/α-hetero) is 1. The van der Waals surface area contributed by atoms with Crippen LogP contribution in [0.1, 0.15) is 97.9 Å². The summed E-state index contributed by atoms with van der Waals surface area (Å²) in [6.07, 6.45) is 3.63. The van der Waals surface area contributed by atoms with Gasteiger partial charge in [-0.1, -0.05) is 86.8 Å². The lowest BCUT2D eigenvalue weighted by atomic mass is 9.80. The highest BCUT2D eigenvalue weighted by Gasteiger charge is 2.48. The molecule has 1 aromatic carbocycles. The van der Waals surface area contributed by atoms with Crippen LogP contribution in [0, 0.1) is 28.6 Å². The average molecular weight is 733 g/mol. The van der Waals surface area contributed by atoms with Crippen molar-refractivity contribution in [2.75, 3.05) is 13.1 Å². The van der Waals surface area contributed by atoms with Crippen molar-refractivity contribution in [2.45, 2.75) is 117 Å². The smallest absolute Gasteiger partial charge is 0.315 e. The highest BCUT2D eigenvalue weighted by molar-refractivity contribution is 7.79. The van der Waals surface area contributed by atoms with Gasteiger partial charge < -0.3 is 36.5 Å². The number of carbonyl (C=O) groups excluding carboxylic acids is 6.